The molecule has 2 fully saturated rings. The van der Waals surface area contributed by atoms with Crippen molar-refractivity contribution in [1.29, 1.82) is 5.26 Å². The molecule has 0 radical (unpaired) electrons. The molecule has 3 aliphatic heterocycles. The van der Waals surface area contributed by atoms with E-state index in [0.29, 0.717) is 37.2 Å². The minimum absolute atomic E-state index is 0.216. The summed E-state index contributed by atoms with van der Waals surface area (Å²) < 4.78 is 19.8. The molecule has 0 saturated carbocycles. The van der Waals surface area contributed by atoms with E-state index in [9.17, 15) is 24.0 Å². The van der Waals surface area contributed by atoms with Crippen molar-refractivity contribution in [3.8, 4) is 11.8 Å². The number of nitrogens with zero attached hydrogens (tertiary/aromatic N) is 3. The third-order valence-electron chi connectivity index (χ3n) is 7.72. The second kappa shape index (κ2) is 10.3. The van der Waals surface area contributed by atoms with Crippen LogP contribution in [-0.2, 0) is 21.5 Å². The van der Waals surface area contributed by atoms with Crippen LogP contribution in [0.25, 0.3) is 0 Å². The van der Waals surface area contributed by atoms with Gasteiger partial charge in [-0.05, 0) is 68.6 Å². The quantitative estimate of drug-likeness (QED) is 0.460. The second-order valence-corrected chi connectivity index (χ2v) is 9.93. The Labute approximate surface area is 215 Å². The minimum atomic E-state index is -0.655. The summed E-state index contributed by atoms with van der Waals surface area (Å²) in [5.41, 5.74) is 1.39. The number of likely N-dealkylation sites (tertiary alicyclic amines) is 1. The topological polar surface area (TPSA) is 103 Å². The number of nitrogens with one attached hydrogen (secondary N) is 1. The van der Waals surface area contributed by atoms with Gasteiger partial charge < -0.3 is 14.5 Å². The van der Waals surface area contributed by atoms with E-state index in [2.05, 4.69) is 16.3 Å². The third kappa shape index (κ3) is 4.94. The highest BCUT2D eigenvalue weighted by Crippen LogP contribution is 2.36. The molecule has 8 nitrogen and oxygen atoms in total. The molecule has 5 rings (SSSR count). The maximum Gasteiger partial charge on any atom is 0.255 e. The summed E-state index contributed by atoms with van der Waals surface area (Å²) in [6.45, 7) is 3.05. The van der Waals surface area contributed by atoms with Gasteiger partial charge in [-0.3, -0.25) is 19.7 Å². The first-order valence-corrected chi connectivity index (χ1v) is 12.7. The van der Waals surface area contributed by atoms with Crippen molar-refractivity contribution < 1.29 is 23.5 Å². The van der Waals surface area contributed by atoms with E-state index in [4.69, 9.17) is 4.74 Å². The number of hydrogen-bond acceptors (Lipinski definition) is 6. The van der Waals surface area contributed by atoms with Gasteiger partial charge in [-0.25, -0.2) is 4.39 Å². The van der Waals surface area contributed by atoms with Crippen molar-refractivity contribution in [2.45, 2.75) is 50.1 Å². The normalized spacial score (nSPS) is 21.4. The Bertz CT molecular complexity index is 1270. The van der Waals surface area contributed by atoms with Gasteiger partial charge in [0.05, 0.1) is 24.6 Å². The van der Waals surface area contributed by atoms with Gasteiger partial charge in [0.1, 0.15) is 17.6 Å². The van der Waals surface area contributed by atoms with E-state index in [0.717, 1.165) is 37.2 Å². The molecule has 0 aliphatic carbocycles. The standard InChI is InChI=1S/C28H29FN4O4/c29-20-5-1-4-19(16-20)28(18-30)10-13-32(14-11-28)12-3-15-37-24-7-2-6-21-22(24)17-33(27(21)36)23-8-9-25(34)31-26(23)35/h1-2,4-7,16,23H,3,8-15,17H2,(H,31,34,35). The van der Waals surface area contributed by atoms with Crippen LogP contribution in [0.2, 0.25) is 0 Å². The van der Waals surface area contributed by atoms with Gasteiger partial charge >= 0.3 is 0 Å². The molecule has 1 unspecified atom stereocenters. The van der Waals surface area contributed by atoms with Gasteiger partial charge in [0.2, 0.25) is 11.8 Å². The van der Waals surface area contributed by atoms with Crippen molar-refractivity contribution in [1.82, 2.24) is 15.1 Å². The number of ether oxygens (including phenoxy) is 1. The number of fused-ring (bicyclic) bond motifs is 1. The highest BCUT2D eigenvalue weighted by molar-refractivity contribution is 6.05. The molecule has 1 N–H and O–H groups in total. The lowest BCUT2D eigenvalue weighted by Gasteiger charge is -2.37. The van der Waals surface area contributed by atoms with Crippen LogP contribution in [0.5, 0.6) is 5.75 Å². The van der Waals surface area contributed by atoms with Crippen LogP contribution in [0.4, 0.5) is 4.39 Å². The number of benzene rings is 2. The lowest BCUT2D eigenvalue weighted by atomic mass is 9.74. The smallest absolute Gasteiger partial charge is 0.255 e. The molecule has 2 saturated heterocycles. The maximum absolute atomic E-state index is 13.7. The summed E-state index contributed by atoms with van der Waals surface area (Å²) in [5.74, 6) is -0.646. The first-order valence-electron chi connectivity index (χ1n) is 12.7. The summed E-state index contributed by atoms with van der Waals surface area (Å²) in [6, 6.07) is 13.5. The fourth-order valence-electron chi connectivity index (χ4n) is 5.57. The van der Waals surface area contributed by atoms with Gasteiger partial charge in [0.15, 0.2) is 0 Å². The Morgan fingerprint density at radius 2 is 1.92 bits per heavy atom. The highest BCUT2D eigenvalue weighted by Gasteiger charge is 2.40. The Morgan fingerprint density at radius 1 is 1.14 bits per heavy atom. The minimum Gasteiger partial charge on any atom is -0.493 e. The zero-order valence-electron chi connectivity index (χ0n) is 20.5. The third-order valence-corrected chi connectivity index (χ3v) is 7.72. The van der Waals surface area contributed by atoms with Crippen LogP contribution in [0.3, 0.4) is 0 Å². The van der Waals surface area contributed by atoms with Crippen LogP contribution in [-0.4, -0.2) is 59.8 Å². The number of hydrogen-bond donors (Lipinski definition) is 1. The Hall–Kier alpha value is -3.77. The summed E-state index contributed by atoms with van der Waals surface area (Å²) >= 11 is 0. The monoisotopic (exact) mass is 504 g/mol. The molecule has 0 spiro atoms. The fourth-order valence-corrected chi connectivity index (χ4v) is 5.57. The number of nitriles is 1. The molecular weight excluding hydrogens is 475 g/mol. The molecule has 0 bridgehead atoms. The van der Waals surface area contributed by atoms with Crippen molar-refractivity contribution in [2.24, 2.45) is 0 Å². The molecule has 3 heterocycles. The predicted molar refractivity (Wildman–Crippen MR) is 132 cm³/mol. The van der Waals surface area contributed by atoms with Crippen molar-refractivity contribution in [2.75, 3.05) is 26.2 Å². The van der Waals surface area contributed by atoms with E-state index in [1.807, 2.05) is 12.1 Å². The van der Waals surface area contributed by atoms with Gasteiger partial charge in [-0.2, -0.15) is 5.26 Å². The molecule has 3 amide bonds. The molecule has 192 valence electrons. The summed E-state index contributed by atoms with van der Waals surface area (Å²) in [6.07, 6.45) is 2.61. The summed E-state index contributed by atoms with van der Waals surface area (Å²) in [5, 5.41) is 12.2. The van der Waals surface area contributed by atoms with Crippen LogP contribution in [0, 0.1) is 17.1 Å². The lowest BCUT2D eigenvalue weighted by molar-refractivity contribution is -0.136. The van der Waals surface area contributed by atoms with Crippen LogP contribution >= 0.6 is 0 Å². The van der Waals surface area contributed by atoms with Crippen LogP contribution in [0.15, 0.2) is 42.5 Å². The van der Waals surface area contributed by atoms with Gasteiger partial charge in [-0.15, -0.1) is 0 Å². The molecule has 2 aromatic rings. The van der Waals surface area contributed by atoms with E-state index in [-0.39, 0.29) is 30.6 Å². The Kier molecular flexibility index (Phi) is 6.94. The van der Waals surface area contributed by atoms with E-state index < -0.39 is 17.4 Å². The first kappa shape index (κ1) is 24.9. The number of amides is 3. The van der Waals surface area contributed by atoms with E-state index >= 15 is 0 Å². The van der Waals surface area contributed by atoms with Crippen LogP contribution < -0.4 is 10.1 Å². The van der Waals surface area contributed by atoms with Crippen molar-refractivity contribution in [3.63, 3.8) is 0 Å². The molecule has 2 aromatic carbocycles. The van der Waals surface area contributed by atoms with E-state index in [1.165, 1.54) is 17.0 Å². The Morgan fingerprint density at radius 3 is 2.65 bits per heavy atom. The number of halogens is 1. The number of carbonyl (C=O) groups is 3. The molecule has 9 heteroatoms. The number of piperidine rings is 2. The molecular formula is C28H29FN4O4. The van der Waals surface area contributed by atoms with Crippen molar-refractivity contribution in [3.05, 3.63) is 65.0 Å². The van der Waals surface area contributed by atoms with Gasteiger partial charge in [0.25, 0.3) is 5.91 Å². The predicted octanol–water partition coefficient (Wildman–Crippen LogP) is 2.91. The average Bonchev–Trinajstić information content (AvgIpc) is 3.24. The summed E-state index contributed by atoms with van der Waals surface area (Å²) in [4.78, 5) is 40.6. The average molecular weight is 505 g/mol. The van der Waals surface area contributed by atoms with E-state index in [1.54, 1.807) is 18.2 Å². The maximum atomic E-state index is 13.7. The zero-order chi connectivity index (χ0) is 26.0. The molecule has 3 aliphatic rings. The van der Waals surface area contributed by atoms with Gasteiger partial charge in [-0.1, -0.05) is 18.2 Å². The first-order chi connectivity index (χ1) is 17.9. The van der Waals surface area contributed by atoms with Crippen molar-refractivity contribution >= 4 is 17.7 Å². The molecule has 1 atom stereocenters. The summed E-state index contributed by atoms with van der Waals surface area (Å²) in [7, 11) is 0. The zero-order valence-corrected chi connectivity index (χ0v) is 20.5. The number of imide groups is 1. The molecule has 37 heavy (non-hydrogen) atoms. The Balaban J connectivity index is 1.13. The largest absolute Gasteiger partial charge is 0.493 e. The second-order valence-electron chi connectivity index (χ2n) is 9.93. The van der Waals surface area contributed by atoms with Crippen LogP contribution in [0.1, 0.15) is 53.6 Å². The van der Waals surface area contributed by atoms with Gasteiger partial charge in [0, 0.05) is 24.1 Å². The lowest BCUT2D eigenvalue weighted by Crippen LogP contribution is -2.52. The SMILES string of the molecule is N#CC1(c2cccc(F)c2)CCN(CCCOc2cccc3c2CN(C2CCC(=O)NC2=O)C3=O)CC1. The number of carbonyl (C=O) groups excluding carboxylic acids is 3. The highest BCUT2D eigenvalue weighted by atomic mass is 19.1. The number of rotatable bonds is 7. The molecule has 0 aromatic heterocycles. The fraction of sp³-hybridized carbons (Fsp3) is 0.429.